The molecule has 9 heteroatoms. The van der Waals surface area contributed by atoms with Gasteiger partial charge >= 0.3 is 11.9 Å². The van der Waals surface area contributed by atoms with Gasteiger partial charge in [0.25, 0.3) is 0 Å². The molecule has 0 amide bonds. The Morgan fingerprint density at radius 3 is 1.93 bits per heavy atom. The maximum atomic E-state index is 14.8. The Kier molecular flexibility index (Phi) is 11.5. The number of rotatable bonds is 10. The van der Waals surface area contributed by atoms with E-state index in [-0.39, 0.29) is 30.3 Å². The molecule has 2 aromatic rings. The lowest BCUT2D eigenvalue weighted by Crippen LogP contribution is -2.60. The summed E-state index contributed by atoms with van der Waals surface area (Å²) in [4.78, 5) is 36.2. The molecule has 250 valence electrons. The van der Waals surface area contributed by atoms with E-state index in [1.165, 1.54) is 43.3 Å². The Balaban J connectivity index is 0.00000134. The predicted molar refractivity (Wildman–Crippen MR) is 169 cm³/mol. The lowest BCUT2D eigenvalue weighted by molar-refractivity contribution is -0.956. The van der Waals surface area contributed by atoms with E-state index in [1.54, 1.807) is 0 Å². The molecule has 0 aliphatic carbocycles. The van der Waals surface area contributed by atoms with Crippen LogP contribution in [0, 0.1) is 11.8 Å². The average molecular weight is 636 g/mol. The van der Waals surface area contributed by atoms with Crippen LogP contribution in [0.1, 0.15) is 82.8 Å². The van der Waals surface area contributed by atoms with Crippen molar-refractivity contribution in [1.82, 2.24) is 0 Å². The first-order valence-electron chi connectivity index (χ1n) is 17.0. The highest BCUT2D eigenvalue weighted by Crippen LogP contribution is 2.47. The van der Waals surface area contributed by atoms with Gasteiger partial charge in [-0.1, -0.05) is 74.5 Å². The Bertz CT molecular complexity index is 1220. The first kappa shape index (κ1) is 34.1. The summed E-state index contributed by atoms with van der Waals surface area (Å²) in [6, 6.07) is 20.3. The first-order valence-corrected chi connectivity index (χ1v) is 17.0. The maximum Gasteiger partial charge on any atom is 0.348 e. The van der Waals surface area contributed by atoms with Crippen molar-refractivity contribution in [3.05, 3.63) is 71.8 Å². The molecule has 0 N–H and O–H groups in total. The summed E-state index contributed by atoms with van der Waals surface area (Å²) in [6.45, 7) is 7.15. The summed E-state index contributed by atoms with van der Waals surface area (Å²) in [5.41, 5.74) is -0.255. The Hall–Kier alpha value is -3.27. The van der Waals surface area contributed by atoms with Crippen LogP contribution < -0.4 is 5.11 Å². The first-order chi connectivity index (χ1) is 22.3. The summed E-state index contributed by atoms with van der Waals surface area (Å²) in [6.07, 6.45) is 7.40. The van der Waals surface area contributed by atoms with Crippen molar-refractivity contribution in [3.63, 3.8) is 0 Å². The molecule has 9 nitrogen and oxygen atoms in total. The summed E-state index contributed by atoms with van der Waals surface area (Å²) in [5.74, 6) is -0.710. The van der Waals surface area contributed by atoms with Gasteiger partial charge in [-0.15, -0.1) is 0 Å². The second-order valence-electron chi connectivity index (χ2n) is 13.7. The van der Waals surface area contributed by atoms with Crippen molar-refractivity contribution >= 4 is 18.4 Å². The summed E-state index contributed by atoms with van der Waals surface area (Å²) < 4.78 is 26.6. The minimum atomic E-state index is -1.60. The van der Waals surface area contributed by atoms with Gasteiger partial charge in [0, 0.05) is 70.5 Å². The molecule has 2 bridgehead atoms. The molecule has 3 atom stereocenters. The van der Waals surface area contributed by atoms with Gasteiger partial charge in [-0.25, -0.2) is 4.79 Å². The molecule has 0 saturated carbocycles. The summed E-state index contributed by atoms with van der Waals surface area (Å²) in [7, 11) is 0. The van der Waals surface area contributed by atoms with Crippen molar-refractivity contribution in [2.24, 2.45) is 11.8 Å². The van der Waals surface area contributed by atoms with Crippen LogP contribution in [-0.2, 0) is 38.9 Å². The number of quaternary nitrogens is 1. The van der Waals surface area contributed by atoms with Crippen molar-refractivity contribution in [2.75, 3.05) is 26.3 Å². The Morgan fingerprint density at radius 1 is 0.913 bits per heavy atom. The summed E-state index contributed by atoms with van der Waals surface area (Å²) >= 11 is 0. The van der Waals surface area contributed by atoms with E-state index < -0.39 is 24.3 Å². The lowest BCUT2D eigenvalue weighted by atomic mass is 9.85. The van der Waals surface area contributed by atoms with Crippen LogP contribution in [-0.4, -0.2) is 73.7 Å². The van der Waals surface area contributed by atoms with Crippen molar-refractivity contribution < 1.29 is 42.9 Å². The van der Waals surface area contributed by atoms with E-state index in [9.17, 15) is 9.59 Å². The van der Waals surface area contributed by atoms with Gasteiger partial charge in [0.1, 0.15) is 6.10 Å². The molecule has 4 aliphatic heterocycles. The molecule has 3 unspecified atom stereocenters. The van der Waals surface area contributed by atoms with Gasteiger partial charge in [-0.05, 0) is 29.9 Å². The van der Waals surface area contributed by atoms with Crippen LogP contribution >= 0.6 is 0 Å². The van der Waals surface area contributed by atoms with Crippen LogP contribution in [0.25, 0.3) is 0 Å². The van der Waals surface area contributed by atoms with E-state index in [0.29, 0.717) is 49.3 Å². The number of carboxylic acid groups (broad SMARTS) is 1. The highest BCUT2D eigenvalue weighted by molar-refractivity contribution is 5.86. The van der Waals surface area contributed by atoms with Crippen LogP contribution in [0.2, 0.25) is 0 Å². The number of benzene rings is 2. The van der Waals surface area contributed by atoms with Gasteiger partial charge in [-0.3, -0.25) is 4.79 Å². The van der Waals surface area contributed by atoms with Gasteiger partial charge < -0.3 is 33.3 Å². The van der Waals surface area contributed by atoms with E-state index >= 15 is 0 Å². The second-order valence-corrected chi connectivity index (χ2v) is 13.7. The van der Waals surface area contributed by atoms with Crippen LogP contribution in [0.5, 0.6) is 0 Å². The molecule has 2 aromatic carbocycles. The third-order valence-corrected chi connectivity index (χ3v) is 10.4. The monoisotopic (exact) mass is 635 g/mol. The van der Waals surface area contributed by atoms with E-state index in [4.69, 9.17) is 28.8 Å². The zero-order chi connectivity index (χ0) is 32.6. The molecule has 0 radical (unpaired) electrons. The van der Waals surface area contributed by atoms with Crippen LogP contribution in [0.3, 0.4) is 0 Å². The fraction of sp³-hybridized carbons (Fsp3) is 0.595. The van der Waals surface area contributed by atoms with E-state index in [0.717, 1.165) is 12.8 Å². The highest BCUT2D eigenvalue weighted by atomic mass is 16.7. The van der Waals surface area contributed by atoms with Gasteiger partial charge in [0.15, 0.2) is 0 Å². The van der Waals surface area contributed by atoms with Crippen LogP contribution in [0.15, 0.2) is 60.7 Å². The zero-order valence-electron chi connectivity index (χ0n) is 27.2. The number of esters is 2. The standard InChI is InChI=1S/C36H48NO6.CH2O2/c1-26(2)23-33(38)42-34(27-17-21-40-22-18-27)43-36(28-11-5-3-6-12-28,29-13-7-4-8-14-29)35(39)41-32-24-30-15-16-31(25-32)37(30)19-9-10-20-37;2-1-3/h3-8,11-14,26-27,30-32,34H,9-10,15-25H2,1-2H3;1H,(H,2,3)/q+1;/p-1. The SMILES string of the molecule is CC(C)CC(=O)OC(OC(C(=O)OC1CC2CCC(C1)[N+]21CCCC1)(c1ccccc1)c1ccccc1)C1CCOCC1.O=C[O-]. The maximum absolute atomic E-state index is 14.8. The number of carbonyl (C=O) groups is 3. The van der Waals surface area contributed by atoms with Crippen molar-refractivity contribution in [1.29, 1.82) is 0 Å². The molecule has 6 rings (SSSR count). The number of nitrogens with zero attached hydrogens (tertiary/aromatic N) is 1. The third-order valence-electron chi connectivity index (χ3n) is 10.4. The van der Waals surface area contributed by atoms with Crippen LogP contribution in [0.4, 0.5) is 0 Å². The predicted octanol–water partition coefficient (Wildman–Crippen LogP) is 4.50. The van der Waals surface area contributed by atoms with E-state index in [1.807, 2.05) is 74.5 Å². The largest absolute Gasteiger partial charge is 0.554 e. The van der Waals surface area contributed by atoms with E-state index in [2.05, 4.69) is 0 Å². The highest BCUT2D eigenvalue weighted by Gasteiger charge is 2.57. The molecule has 4 heterocycles. The zero-order valence-corrected chi connectivity index (χ0v) is 27.2. The normalized spacial score (nSPS) is 24.5. The average Bonchev–Trinajstić information content (AvgIpc) is 3.60. The molecule has 4 aliphatic rings. The van der Waals surface area contributed by atoms with Gasteiger partial charge in [0.2, 0.25) is 11.9 Å². The Labute approximate surface area is 272 Å². The Morgan fingerprint density at radius 2 is 1.43 bits per heavy atom. The second kappa shape index (κ2) is 15.5. The fourth-order valence-corrected chi connectivity index (χ4v) is 8.36. The lowest BCUT2D eigenvalue weighted by Gasteiger charge is -2.47. The molecule has 46 heavy (non-hydrogen) atoms. The molecule has 4 saturated heterocycles. The van der Waals surface area contributed by atoms with Gasteiger partial charge in [-0.2, -0.15) is 0 Å². The number of carbonyl (C=O) groups excluding carboxylic acids is 3. The fourth-order valence-electron chi connectivity index (χ4n) is 8.36. The van der Waals surface area contributed by atoms with Crippen molar-refractivity contribution in [2.45, 2.75) is 102 Å². The minimum absolute atomic E-state index is 0.102. The number of ether oxygens (including phenoxy) is 4. The number of hydrogen-bond acceptors (Lipinski definition) is 8. The molecular weight excluding hydrogens is 586 g/mol. The number of piperidine rings is 1. The smallest absolute Gasteiger partial charge is 0.348 e. The topological polar surface area (TPSA) is 111 Å². The minimum Gasteiger partial charge on any atom is -0.554 e. The quantitative estimate of drug-likeness (QED) is 0.162. The molecule has 4 fully saturated rings. The molecular formula is C37H49NO8. The third kappa shape index (κ3) is 7.32. The van der Waals surface area contributed by atoms with Gasteiger partial charge in [0.05, 0.1) is 25.2 Å². The molecule has 1 spiro atoms. The summed E-state index contributed by atoms with van der Waals surface area (Å²) in [5, 5.41) is 8.25. The van der Waals surface area contributed by atoms with Crippen molar-refractivity contribution in [3.8, 4) is 0 Å². The number of hydrogen-bond donors (Lipinski definition) is 0. The molecule has 0 aromatic heterocycles.